The molecule has 1 rings (SSSR count). The van der Waals surface area contributed by atoms with Crippen LogP contribution in [0.3, 0.4) is 0 Å². The van der Waals surface area contributed by atoms with Crippen LogP contribution in [0, 0.1) is 0 Å². The first-order valence-electron chi connectivity index (χ1n) is 5.81. The smallest absolute Gasteiger partial charge is 0.233 e. The van der Waals surface area contributed by atoms with E-state index in [0.29, 0.717) is 6.04 Å². The maximum atomic E-state index is 11.5. The highest BCUT2D eigenvalue weighted by atomic mass is 79.9. The molecule has 4 heteroatoms. The molecule has 15 heavy (non-hydrogen) atoms. The Hall–Kier alpha value is -0.0900. The maximum absolute atomic E-state index is 11.5. The summed E-state index contributed by atoms with van der Waals surface area (Å²) in [6, 6.07) is 0.466. The Bertz CT molecular complexity index is 205. The lowest BCUT2D eigenvalue weighted by Crippen LogP contribution is -2.42. The second-order valence-electron chi connectivity index (χ2n) is 4.21. The molecule has 1 aliphatic rings. The fraction of sp³-hybridized carbons (Fsp3) is 0.909. The molecule has 0 aromatic heterocycles. The molecule has 2 atom stereocenters. The van der Waals surface area contributed by atoms with Crippen molar-refractivity contribution in [2.75, 3.05) is 19.6 Å². The summed E-state index contributed by atoms with van der Waals surface area (Å²) in [5.41, 5.74) is 0. The number of alkyl halides is 1. The average molecular weight is 277 g/mol. The first-order chi connectivity index (χ1) is 7.15. The number of likely N-dealkylation sites (tertiary alicyclic amines) is 1. The van der Waals surface area contributed by atoms with E-state index in [2.05, 4.69) is 33.1 Å². The Morgan fingerprint density at radius 1 is 1.47 bits per heavy atom. The van der Waals surface area contributed by atoms with Crippen LogP contribution in [-0.4, -0.2) is 41.3 Å². The van der Waals surface area contributed by atoms with Gasteiger partial charge in [-0.15, -0.1) is 0 Å². The van der Waals surface area contributed by atoms with Gasteiger partial charge < -0.3 is 5.32 Å². The molecule has 88 valence electrons. The Labute approximate surface area is 101 Å². The van der Waals surface area contributed by atoms with Gasteiger partial charge in [-0.2, -0.15) is 0 Å². The first kappa shape index (κ1) is 13.0. The lowest BCUT2D eigenvalue weighted by Gasteiger charge is -2.24. The molecule has 0 spiro atoms. The van der Waals surface area contributed by atoms with E-state index < -0.39 is 0 Å². The lowest BCUT2D eigenvalue weighted by molar-refractivity contribution is -0.120. The molecule has 0 aromatic carbocycles. The van der Waals surface area contributed by atoms with Crippen LogP contribution < -0.4 is 5.32 Å². The van der Waals surface area contributed by atoms with Crippen molar-refractivity contribution in [3.8, 4) is 0 Å². The monoisotopic (exact) mass is 276 g/mol. The number of hydrogen-bond acceptors (Lipinski definition) is 2. The van der Waals surface area contributed by atoms with Crippen molar-refractivity contribution in [2.24, 2.45) is 0 Å². The van der Waals surface area contributed by atoms with Gasteiger partial charge in [-0.05, 0) is 39.3 Å². The summed E-state index contributed by atoms with van der Waals surface area (Å²) in [5.74, 6) is 0.114. The number of amides is 1. The number of rotatable bonds is 5. The minimum Gasteiger partial charge on any atom is -0.354 e. The minimum atomic E-state index is -0.0386. The molecule has 1 amide bonds. The Kier molecular flexibility index (Phi) is 5.61. The standard InChI is InChI=1S/C11H21BrN2O/c1-3-10(12)11(15)13-8-9(2)14-6-4-5-7-14/h9-10H,3-8H2,1-2H3,(H,13,15). The third-order valence-electron chi connectivity index (χ3n) is 2.98. The lowest BCUT2D eigenvalue weighted by atomic mass is 10.2. The van der Waals surface area contributed by atoms with Crippen molar-refractivity contribution in [3.63, 3.8) is 0 Å². The topological polar surface area (TPSA) is 32.3 Å². The molecule has 3 nitrogen and oxygen atoms in total. The zero-order valence-corrected chi connectivity index (χ0v) is 11.2. The van der Waals surface area contributed by atoms with Crippen LogP contribution in [0.4, 0.5) is 0 Å². The average Bonchev–Trinajstić information content (AvgIpc) is 2.77. The van der Waals surface area contributed by atoms with Crippen molar-refractivity contribution >= 4 is 21.8 Å². The quantitative estimate of drug-likeness (QED) is 0.777. The SMILES string of the molecule is CCC(Br)C(=O)NCC(C)N1CCCC1. The van der Waals surface area contributed by atoms with Crippen LogP contribution >= 0.6 is 15.9 Å². The molecule has 1 aliphatic heterocycles. The van der Waals surface area contributed by atoms with Gasteiger partial charge in [0.15, 0.2) is 0 Å². The third-order valence-corrected chi connectivity index (χ3v) is 4.04. The summed E-state index contributed by atoms with van der Waals surface area (Å²) in [6.07, 6.45) is 3.44. The maximum Gasteiger partial charge on any atom is 0.233 e. The highest BCUT2D eigenvalue weighted by Crippen LogP contribution is 2.11. The molecular formula is C11H21BrN2O. The fourth-order valence-electron chi connectivity index (χ4n) is 1.86. The van der Waals surface area contributed by atoms with Crippen molar-refractivity contribution in [2.45, 2.75) is 44.0 Å². The number of halogens is 1. The summed E-state index contributed by atoms with van der Waals surface area (Å²) in [5, 5.41) is 2.98. The largest absolute Gasteiger partial charge is 0.354 e. The molecule has 0 aromatic rings. The Balaban J connectivity index is 2.20. The van der Waals surface area contributed by atoms with E-state index in [0.717, 1.165) is 13.0 Å². The van der Waals surface area contributed by atoms with Gasteiger partial charge in [-0.3, -0.25) is 9.69 Å². The van der Waals surface area contributed by atoms with E-state index in [-0.39, 0.29) is 10.7 Å². The van der Waals surface area contributed by atoms with E-state index in [1.54, 1.807) is 0 Å². The number of nitrogens with zero attached hydrogens (tertiary/aromatic N) is 1. The second-order valence-corrected chi connectivity index (χ2v) is 5.32. The second kappa shape index (κ2) is 6.48. The predicted molar refractivity (Wildman–Crippen MR) is 66.3 cm³/mol. The molecular weight excluding hydrogens is 256 g/mol. The Morgan fingerprint density at radius 3 is 2.60 bits per heavy atom. The first-order valence-corrected chi connectivity index (χ1v) is 6.72. The summed E-state index contributed by atoms with van der Waals surface area (Å²) >= 11 is 3.35. The van der Waals surface area contributed by atoms with E-state index >= 15 is 0 Å². The van der Waals surface area contributed by atoms with Crippen LogP contribution in [0.1, 0.15) is 33.1 Å². The highest BCUT2D eigenvalue weighted by molar-refractivity contribution is 9.10. The minimum absolute atomic E-state index is 0.0386. The molecule has 1 heterocycles. The molecule has 1 N–H and O–H groups in total. The third kappa shape index (κ3) is 4.11. The van der Waals surface area contributed by atoms with Gasteiger partial charge in [0.1, 0.15) is 0 Å². The molecule has 0 aliphatic carbocycles. The van der Waals surface area contributed by atoms with Crippen LogP contribution in [-0.2, 0) is 4.79 Å². The highest BCUT2D eigenvalue weighted by Gasteiger charge is 2.19. The van der Waals surface area contributed by atoms with Gasteiger partial charge in [-0.25, -0.2) is 0 Å². The molecule has 1 fully saturated rings. The van der Waals surface area contributed by atoms with E-state index in [9.17, 15) is 4.79 Å². The number of carbonyl (C=O) groups excluding carboxylic acids is 1. The number of hydrogen-bond donors (Lipinski definition) is 1. The number of carbonyl (C=O) groups is 1. The van der Waals surface area contributed by atoms with Gasteiger partial charge >= 0.3 is 0 Å². The van der Waals surface area contributed by atoms with Gasteiger partial charge in [-0.1, -0.05) is 22.9 Å². The number of nitrogens with one attached hydrogen (secondary N) is 1. The summed E-state index contributed by atoms with van der Waals surface area (Å²) in [4.78, 5) is 13.9. The van der Waals surface area contributed by atoms with Gasteiger partial charge in [0.2, 0.25) is 5.91 Å². The van der Waals surface area contributed by atoms with Crippen LogP contribution in [0.2, 0.25) is 0 Å². The summed E-state index contributed by atoms with van der Waals surface area (Å²) in [6.45, 7) is 7.32. The summed E-state index contributed by atoms with van der Waals surface area (Å²) < 4.78 is 0. The van der Waals surface area contributed by atoms with Gasteiger partial charge in [0.25, 0.3) is 0 Å². The molecule has 1 saturated heterocycles. The molecule has 0 saturated carbocycles. The molecule has 0 radical (unpaired) electrons. The van der Waals surface area contributed by atoms with Crippen molar-refractivity contribution in [1.29, 1.82) is 0 Å². The van der Waals surface area contributed by atoms with Crippen LogP contribution in [0.5, 0.6) is 0 Å². The summed E-state index contributed by atoms with van der Waals surface area (Å²) in [7, 11) is 0. The zero-order chi connectivity index (χ0) is 11.3. The fourth-order valence-corrected chi connectivity index (χ4v) is 2.02. The van der Waals surface area contributed by atoms with Crippen molar-refractivity contribution in [1.82, 2.24) is 10.2 Å². The molecule has 2 unspecified atom stereocenters. The van der Waals surface area contributed by atoms with E-state index in [1.165, 1.54) is 25.9 Å². The van der Waals surface area contributed by atoms with E-state index in [4.69, 9.17) is 0 Å². The van der Waals surface area contributed by atoms with Crippen molar-refractivity contribution in [3.05, 3.63) is 0 Å². The zero-order valence-electron chi connectivity index (χ0n) is 9.63. The van der Waals surface area contributed by atoms with E-state index in [1.807, 2.05) is 6.92 Å². The van der Waals surface area contributed by atoms with Crippen molar-refractivity contribution < 1.29 is 4.79 Å². The van der Waals surface area contributed by atoms with Gasteiger partial charge in [0.05, 0.1) is 4.83 Å². The normalized spacial score (nSPS) is 21.3. The Morgan fingerprint density at radius 2 is 2.07 bits per heavy atom. The van der Waals surface area contributed by atoms with Gasteiger partial charge in [0, 0.05) is 12.6 Å². The molecule has 0 bridgehead atoms. The predicted octanol–water partition coefficient (Wildman–Crippen LogP) is 1.76. The van der Waals surface area contributed by atoms with Crippen LogP contribution in [0.15, 0.2) is 0 Å². The van der Waals surface area contributed by atoms with Crippen LogP contribution in [0.25, 0.3) is 0 Å².